The van der Waals surface area contributed by atoms with E-state index in [4.69, 9.17) is 14.2 Å². The first-order chi connectivity index (χ1) is 13.7. The number of benzene rings is 3. The summed E-state index contributed by atoms with van der Waals surface area (Å²) >= 11 is 0. The normalized spacial score (nSPS) is 11.8. The Morgan fingerprint density at radius 1 is 0.929 bits per heavy atom. The third kappa shape index (κ3) is 4.01. The molecule has 4 rings (SSSR count). The van der Waals surface area contributed by atoms with Gasteiger partial charge in [-0.25, -0.2) is 0 Å². The van der Waals surface area contributed by atoms with Crippen LogP contribution in [0.5, 0.6) is 17.2 Å². The predicted molar refractivity (Wildman–Crippen MR) is 107 cm³/mol. The molecule has 0 bridgehead atoms. The van der Waals surface area contributed by atoms with Crippen LogP contribution in [0, 0.1) is 0 Å². The summed E-state index contributed by atoms with van der Waals surface area (Å²) in [7, 11) is 1.65. The van der Waals surface area contributed by atoms with E-state index in [-0.39, 0.29) is 12.7 Å². The summed E-state index contributed by atoms with van der Waals surface area (Å²) in [6, 6.07) is 20.6. The predicted octanol–water partition coefficient (Wildman–Crippen LogP) is 4.29. The van der Waals surface area contributed by atoms with Crippen molar-refractivity contribution in [3.8, 4) is 17.2 Å². The van der Waals surface area contributed by atoms with Crippen molar-refractivity contribution in [2.45, 2.75) is 6.54 Å². The van der Waals surface area contributed by atoms with Crippen LogP contribution in [0.15, 0.2) is 66.7 Å². The maximum Gasteiger partial charge on any atom is 0.255 e. The fourth-order valence-corrected chi connectivity index (χ4v) is 2.86. The smallest absolute Gasteiger partial charge is 0.255 e. The first-order valence-corrected chi connectivity index (χ1v) is 8.89. The number of nitrogens with one attached hydrogen (secondary N) is 2. The van der Waals surface area contributed by atoms with Crippen LogP contribution in [0.4, 0.5) is 11.4 Å². The number of methoxy groups -OCH3 is 1. The molecule has 0 aromatic heterocycles. The summed E-state index contributed by atoms with van der Waals surface area (Å²) in [5.74, 6) is 1.89. The molecule has 3 aromatic carbocycles. The highest BCUT2D eigenvalue weighted by molar-refractivity contribution is 6.04. The van der Waals surface area contributed by atoms with Gasteiger partial charge in [0.1, 0.15) is 5.75 Å². The maximum atomic E-state index is 12.4. The molecule has 0 spiro atoms. The maximum absolute atomic E-state index is 12.4. The highest BCUT2D eigenvalue weighted by Crippen LogP contribution is 2.32. The number of rotatable bonds is 6. The quantitative estimate of drug-likeness (QED) is 0.672. The molecule has 0 fully saturated rings. The summed E-state index contributed by atoms with van der Waals surface area (Å²) in [5, 5.41) is 6.24. The molecule has 28 heavy (non-hydrogen) atoms. The Bertz CT molecular complexity index is 969. The molecule has 0 radical (unpaired) electrons. The van der Waals surface area contributed by atoms with Crippen molar-refractivity contribution in [2.24, 2.45) is 0 Å². The van der Waals surface area contributed by atoms with E-state index < -0.39 is 0 Å². The molecular formula is C22H20N2O4. The first kappa shape index (κ1) is 17.7. The summed E-state index contributed by atoms with van der Waals surface area (Å²) in [5.41, 5.74) is 3.36. The van der Waals surface area contributed by atoms with E-state index in [0.717, 1.165) is 22.7 Å². The molecule has 0 unspecified atom stereocenters. The van der Waals surface area contributed by atoms with Crippen LogP contribution in [-0.4, -0.2) is 19.8 Å². The largest absolute Gasteiger partial charge is 0.497 e. The van der Waals surface area contributed by atoms with Gasteiger partial charge in [0.25, 0.3) is 5.91 Å². The average molecular weight is 376 g/mol. The Kier molecular flexibility index (Phi) is 5.01. The molecule has 1 heterocycles. The van der Waals surface area contributed by atoms with Crippen LogP contribution in [-0.2, 0) is 6.54 Å². The second kappa shape index (κ2) is 7.92. The molecule has 2 N–H and O–H groups in total. The number of hydrogen-bond acceptors (Lipinski definition) is 5. The Labute approximate surface area is 163 Å². The number of hydrogen-bond donors (Lipinski definition) is 2. The Balaban J connectivity index is 1.34. The first-order valence-electron chi connectivity index (χ1n) is 8.89. The SMILES string of the molecule is COc1ccc(CNc2ccc(NC(=O)c3ccc4c(c3)OCO4)cc2)cc1. The van der Waals surface area contributed by atoms with Gasteiger partial charge in [0.2, 0.25) is 6.79 Å². The fourth-order valence-electron chi connectivity index (χ4n) is 2.86. The third-order valence-corrected chi connectivity index (χ3v) is 4.43. The van der Waals surface area contributed by atoms with Gasteiger partial charge in [-0.2, -0.15) is 0 Å². The lowest BCUT2D eigenvalue weighted by Crippen LogP contribution is -2.11. The molecule has 1 amide bonds. The van der Waals surface area contributed by atoms with E-state index in [0.29, 0.717) is 23.6 Å². The molecule has 0 saturated heterocycles. The van der Waals surface area contributed by atoms with Crippen LogP contribution in [0.25, 0.3) is 0 Å². The number of fused-ring (bicyclic) bond motifs is 1. The van der Waals surface area contributed by atoms with Gasteiger partial charge in [-0.15, -0.1) is 0 Å². The Morgan fingerprint density at radius 3 is 2.39 bits per heavy atom. The van der Waals surface area contributed by atoms with Crippen molar-refractivity contribution in [2.75, 3.05) is 24.5 Å². The van der Waals surface area contributed by atoms with E-state index in [2.05, 4.69) is 10.6 Å². The second-order valence-corrected chi connectivity index (χ2v) is 6.30. The number of ether oxygens (including phenoxy) is 3. The zero-order valence-electron chi connectivity index (χ0n) is 15.4. The van der Waals surface area contributed by atoms with Crippen LogP contribution >= 0.6 is 0 Å². The minimum absolute atomic E-state index is 0.186. The number of amides is 1. The summed E-state index contributed by atoms with van der Waals surface area (Å²) in [4.78, 5) is 12.4. The third-order valence-electron chi connectivity index (χ3n) is 4.43. The molecule has 1 aliphatic rings. The average Bonchev–Trinajstić information content (AvgIpc) is 3.21. The van der Waals surface area contributed by atoms with Crippen molar-refractivity contribution in [1.29, 1.82) is 0 Å². The standard InChI is InChI=1S/C22H20N2O4/c1-26-19-9-2-15(3-10-19)13-23-17-5-7-18(8-6-17)24-22(25)16-4-11-20-21(12-16)28-14-27-20/h2-12,23H,13-14H2,1H3,(H,24,25). The lowest BCUT2D eigenvalue weighted by atomic mass is 10.2. The lowest BCUT2D eigenvalue weighted by molar-refractivity contribution is 0.102. The molecule has 0 atom stereocenters. The molecule has 3 aromatic rings. The van der Waals surface area contributed by atoms with Gasteiger partial charge in [0.05, 0.1) is 7.11 Å². The summed E-state index contributed by atoms with van der Waals surface area (Å²) < 4.78 is 15.7. The van der Waals surface area contributed by atoms with Crippen molar-refractivity contribution >= 4 is 17.3 Å². The topological polar surface area (TPSA) is 68.8 Å². The van der Waals surface area contributed by atoms with E-state index in [1.54, 1.807) is 25.3 Å². The van der Waals surface area contributed by atoms with Gasteiger partial charge in [0, 0.05) is 23.5 Å². The monoisotopic (exact) mass is 376 g/mol. The van der Waals surface area contributed by atoms with Gasteiger partial charge < -0.3 is 24.8 Å². The summed E-state index contributed by atoms with van der Waals surface area (Å²) in [6.07, 6.45) is 0. The van der Waals surface area contributed by atoms with E-state index in [9.17, 15) is 4.79 Å². The van der Waals surface area contributed by atoms with Crippen LogP contribution in [0.2, 0.25) is 0 Å². The van der Waals surface area contributed by atoms with Crippen LogP contribution < -0.4 is 24.8 Å². The minimum Gasteiger partial charge on any atom is -0.497 e. The lowest BCUT2D eigenvalue weighted by Gasteiger charge is -2.09. The zero-order valence-corrected chi connectivity index (χ0v) is 15.4. The Hall–Kier alpha value is -3.67. The molecule has 0 aliphatic carbocycles. The number of carbonyl (C=O) groups excluding carboxylic acids is 1. The van der Waals surface area contributed by atoms with E-state index >= 15 is 0 Å². The van der Waals surface area contributed by atoms with Gasteiger partial charge in [-0.05, 0) is 60.2 Å². The fraction of sp³-hybridized carbons (Fsp3) is 0.136. The van der Waals surface area contributed by atoms with Crippen LogP contribution in [0.1, 0.15) is 15.9 Å². The number of carbonyl (C=O) groups is 1. The highest BCUT2D eigenvalue weighted by Gasteiger charge is 2.16. The Morgan fingerprint density at radius 2 is 1.64 bits per heavy atom. The van der Waals surface area contributed by atoms with Gasteiger partial charge in [0.15, 0.2) is 11.5 Å². The molecule has 0 saturated carbocycles. The minimum atomic E-state index is -0.197. The second-order valence-electron chi connectivity index (χ2n) is 6.30. The molecule has 1 aliphatic heterocycles. The summed E-state index contributed by atoms with van der Waals surface area (Å²) in [6.45, 7) is 0.887. The van der Waals surface area contributed by atoms with Gasteiger partial charge in [-0.3, -0.25) is 4.79 Å². The van der Waals surface area contributed by atoms with Crippen molar-refractivity contribution in [3.63, 3.8) is 0 Å². The van der Waals surface area contributed by atoms with Crippen LogP contribution in [0.3, 0.4) is 0 Å². The zero-order chi connectivity index (χ0) is 19.3. The molecule has 6 nitrogen and oxygen atoms in total. The van der Waals surface area contributed by atoms with E-state index in [1.807, 2.05) is 48.5 Å². The van der Waals surface area contributed by atoms with Gasteiger partial charge >= 0.3 is 0 Å². The van der Waals surface area contributed by atoms with Crippen molar-refractivity contribution in [3.05, 3.63) is 77.9 Å². The van der Waals surface area contributed by atoms with E-state index in [1.165, 1.54) is 0 Å². The highest BCUT2D eigenvalue weighted by atomic mass is 16.7. The molecular weight excluding hydrogens is 356 g/mol. The van der Waals surface area contributed by atoms with Gasteiger partial charge in [-0.1, -0.05) is 12.1 Å². The molecule has 6 heteroatoms. The van der Waals surface area contributed by atoms with Crippen molar-refractivity contribution in [1.82, 2.24) is 0 Å². The number of anilines is 2. The molecule has 142 valence electrons. The van der Waals surface area contributed by atoms with Crippen molar-refractivity contribution < 1.29 is 19.0 Å².